The minimum absolute atomic E-state index is 0.176. The van der Waals surface area contributed by atoms with Gasteiger partial charge in [0.1, 0.15) is 6.54 Å². The lowest BCUT2D eigenvalue weighted by Gasteiger charge is -2.18. The maximum absolute atomic E-state index is 11.9. The zero-order chi connectivity index (χ0) is 15.0. The third kappa shape index (κ3) is 5.93. The van der Waals surface area contributed by atoms with E-state index in [0.29, 0.717) is 0 Å². The van der Waals surface area contributed by atoms with Crippen molar-refractivity contribution >= 4 is 23.6 Å². The zero-order valence-electron chi connectivity index (χ0n) is 11.5. The molecular weight excluding hydrogens is 274 g/mol. The molecule has 0 aliphatic heterocycles. The highest BCUT2D eigenvalue weighted by molar-refractivity contribution is 7.99. The maximum Gasteiger partial charge on any atom is 0.323 e. The van der Waals surface area contributed by atoms with Crippen molar-refractivity contribution in [1.29, 1.82) is 0 Å². The van der Waals surface area contributed by atoms with E-state index in [1.54, 1.807) is 0 Å². The number of hydrogen-bond acceptors (Lipinski definition) is 3. The second-order valence-corrected chi connectivity index (χ2v) is 5.42. The van der Waals surface area contributed by atoms with Crippen LogP contribution in [0.4, 0.5) is 0 Å². The number of carboxylic acid groups (broad SMARTS) is 1. The highest BCUT2D eigenvalue weighted by Crippen LogP contribution is 2.13. The van der Waals surface area contributed by atoms with Gasteiger partial charge in [-0.25, -0.2) is 0 Å². The lowest BCUT2D eigenvalue weighted by Crippen LogP contribution is -2.36. The van der Waals surface area contributed by atoms with Gasteiger partial charge < -0.3 is 10.0 Å². The number of carbonyl (C=O) groups is 2. The first kappa shape index (κ1) is 16.3. The van der Waals surface area contributed by atoms with E-state index in [-0.39, 0.29) is 24.7 Å². The largest absolute Gasteiger partial charge is 0.480 e. The Bertz CT molecular complexity index is 471. The van der Waals surface area contributed by atoms with Crippen LogP contribution in [0, 0.1) is 6.92 Å². The van der Waals surface area contributed by atoms with E-state index in [0.717, 1.165) is 11.3 Å². The number of aliphatic carboxylic acids is 1. The van der Waals surface area contributed by atoms with Crippen LogP contribution in [0.15, 0.2) is 36.9 Å². The van der Waals surface area contributed by atoms with Crippen LogP contribution in [0.3, 0.4) is 0 Å². The third-order valence-corrected chi connectivity index (χ3v) is 3.63. The van der Waals surface area contributed by atoms with Crippen LogP contribution in [0.25, 0.3) is 0 Å². The Hall–Kier alpha value is -1.75. The molecule has 4 nitrogen and oxygen atoms in total. The monoisotopic (exact) mass is 293 g/mol. The molecule has 0 radical (unpaired) electrons. The van der Waals surface area contributed by atoms with Gasteiger partial charge in [-0.1, -0.05) is 35.9 Å². The molecule has 0 unspecified atom stereocenters. The molecule has 1 N–H and O–H groups in total. The second kappa shape index (κ2) is 8.43. The van der Waals surface area contributed by atoms with Gasteiger partial charge in [0.25, 0.3) is 0 Å². The van der Waals surface area contributed by atoms with E-state index >= 15 is 0 Å². The number of thioether (sulfide) groups is 1. The number of carboxylic acids is 1. The zero-order valence-corrected chi connectivity index (χ0v) is 12.4. The van der Waals surface area contributed by atoms with Crippen LogP contribution in [0.1, 0.15) is 11.1 Å². The van der Waals surface area contributed by atoms with Crippen LogP contribution in [-0.2, 0) is 15.3 Å². The molecule has 0 saturated heterocycles. The van der Waals surface area contributed by atoms with Gasteiger partial charge in [-0.15, -0.1) is 18.3 Å². The molecule has 20 heavy (non-hydrogen) atoms. The molecule has 1 amide bonds. The summed E-state index contributed by atoms with van der Waals surface area (Å²) in [5.41, 5.74) is 2.36. The predicted molar refractivity (Wildman–Crippen MR) is 81.8 cm³/mol. The fourth-order valence-electron chi connectivity index (χ4n) is 1.61. The van der Waals surface area contributed by atoms with Gasteiger partial charge >= 0.3 is 5.97 Å². The van der Waals surface area contributed by atoms with E-state index in [9.17, 15) is 9.59 Å². The normalized spacial score (nSPS) is 10.1. The third-order valence-electron chi connectivity index (χ3n) is 2.64. The molecule has 0 aromatic heterocycles. The fourth-order valence-corrected chi connectivity index (χ4v) is 2.49. The molecule has 0 atom stereocenters. The van der Waals surface area contributed by atoms with E-state index in [1.165, 1.54) is 28.3 Å². The quantitative estimate of drug-likeness (QED) is 0.747. The smallest absolute Gasteiger partial charge is 0.323 e. The summed E-state index contributed by atoms with van der Waals surface area (Å²) in [5.74, 6) is -0.177. The van der Waals surface area contributed by atoms with Gasteiger partial charge in [-0.2, -0.15) is 0 Å². The van der Waals surface area contributed by atoms with Crippen LogP contribution >= 0.6 is 11.8 Å². The van der Waals surface area contributed by atoms with Crippen LogP contribution < -0.4 is 0 Å². The minimum atomic E-state index is -1.01. The number of carbonyl (C=O) groups excluding carboxylic acids is 1. The summed E-state index contributed by atoms with van der Waals surface area (Å²) in [6.07, 6.45) is 1.53. The molecule has 5 heteroatoms. The van der Waals surface area contributed by atoms with Crippen LogP contribution in [-0.4, -0.2) is 40.7 Å². The predicted octanol–water partition coefficient (Wildman–Crippen LogP) is 2.33. The van der Waals surface area contributed by atoms with E-state index in [2.05, 4.69) is 6.58 Å². The summed E-state index contributed by atoms with van der Waals surface area (Å²) >= 11 is 1.48. The van der Waals surface area contributed by atoms with E-state index in [1.807, 2.05) is 31.2 Å². The summed E-state index contributed by atoms with van der Waals surface area (Å²) in [4.78, 5) is 23.9. The average molecular weight is 293 g/mol. The van der Waals surface area contributed by atoms with Crippen molar-refractivity contribution in [3.8, 4) is 0 Å². The Balaban J connectivity index is 2.42. The van der Waals surface area contributed by atoms with Gasteiger partial charge in [-0.05, 0) is 12.5 Å². The molecule has 0 fully saturated rings. The summed E-state index contributed by atoms with van der Waals surface area (Å²) in [7, 11) is 0. The van der Waals surface area contributed by atoms with Crippen molar-refractivity contribution in [3.63, 3.8) is 0 Å². The summed E-state index contributed by atoms with van der Waals surface area (Å²) in [6, 6.07) is 8.13. The van der Waals surface area contributed by atoms with Crippen LogP contribution in [0.2, 0.25) is 0 Å². The first-order chi connectivity index (χ1) is 9.52. The molecule has 0 saturated carbocycles. The topological polar surface area (TPSA) is 57.6 Å². The highest BCUT2D eigenvalue weighted by Gasteiger charge is 2.15. The first-order valence-corrected chi connectivity index (χ1v) is 7.42. The molecule has 1 aromatic carbocycles. The van der Waals surface area contributed by atoms with Gasteiger partial charge in [0.15, 0.2) is 0 Å². The minimum Gasteiger partial charge on any atom is -0.480 e. The van der Waals surface area contributed by atoms with E-state index < -0.39 is 5.97 Å². The van der Waals surface area contributed by atoms with Crippen molar-refractivity contribution in [2.75, 3.05) is 18.8 Å². The molecule has 108 valence electrons. The Morgan fingerprint density at radius 1 is 1.35 bits per heavy atom. The Kier molecular flexibility index (Phi) is 6.87. The SMILES string of the molecule is C=CCN(CC(=O)O)C(=O)CSCc1ccc(C)cc1. The number of amides is 1. The van der Waals surface area contributed by atoms with Crippen molar-refractivity contribution in [2.24, 2.45) is 0 Å². The summed E-state index contributed by atoms with van der Waals surface area (Å²) in [6.45, 7) is 5.54. The number of benzene rings is 1. The van der Waals surface area contributed by atoms with Crippen molar-refractivity contribution < 1.29 is 14.7 Å². The fraction of sp³-hybridized carbons (Fsp3) is 0.333. The number of rotatable bonds is 8. The molecule has 0 aliphatic carbocycles. The van der Waals surface area contributed by atoms with Crippen molar-refractivity contribution in [1.82, 2.24) is 4.90 Å². The Labute approximate surface area is 123 Å². The lowest BCUT2D eigenvalue weighted by molar-refractivity contribution is -0.143. The van der Waals surface area contributed by atoms with Gasteiger partial charge in [0, 0.05) is 12.3 Å². The Morgan fingerprint density at radius 2 is 2.00 bits per heavy atom. The Morgan fingerprint density at radius 3 is 2.55 bits per heavy atom. The van der Waals surface area contributed by atoms with Crippen LogP contribution in [0.5, 0.6) is 0 Å². The number of hydrogen-bond donors (Lipinski definition) is 1. The van der Waals surface area contributed by atoms with E-state index in [4.69, 9.17) is 5.11 Å². The maximum atomic E-state index is 11.9. The first-order valence-electron chi connectivity index (χ1n) is 6.26. The number of nitrogens with zero attached hydrogens (tertiary/aromatic N) is 1. The average Bonchev–Trinajstić information content (AvgIpc) is 2.40. The molecule has 1 aromatic rings. The standard InChI is InChI=1S/C15H19NO3S/c1-3-8-16(9-15(18)19)14(17)11-20-10-13-6-4-12(2)5-7-13/h3-7H,1,8-11H2,2H3,(H,18,19). The number of aryl methyl sites for hydroxylation is 1. The van der Waals surface area contributed by atoms with Crippen molar-refractivity contribution in [2.45, 2.75) is 12.7 Å². The molecule has 0 aliphatic rings. The molecule has 0 bridgehead atoms. The molecule has 1 rings (SSSR count). The van der Waals surface area contributed by atoms with Gasteiger partial charge in [0.2, 0.25) is 5.91 Å². The molecule has 0 heterocycles. The highest BCUT2D eigenvalue weighted by atomic mass is 32.2. The lowest BCUT2D eigenvalue weighted by atomic mass is 10.2. The molecule has 0 spiro atoms. The second-order valence-electron chi connectivity index (χ2n) is 4.44. The van der Waals surface area contributed by atoms with Gasteiger partial charge in [-0.3, -0.25) is 9.59 Å². The van der Waals surface area contributed by atoms with Gasteiger partial charge in [0.05, 0.1) is 5.75 Å². The van der Waals surface area contributed by atoms with Crippen molar-refractivity contribution in [3.05, 3.63) is 48.0 Å². The summed E-state index contributed by atoms with van der Waals surface area (Å²) in [5, 5.41) is 8.75. The summed E-state index contributed by atoms with van der Waals surface area (Å²) < 4.78 is 0. The molecular formula is C15H19NO3S.